The Morgan fingerprint density at radius 2 is 2.15 bits per heavy atom. The number of fused-ring (bicyclic) bond motifs is 1. The minimum absolute atomic E-state index is 0.246. The van der Waals surface area contributed by atoms with Crippen LogP contribution in [0.1, 0.15) is 19.1 Å². The fourth-order valence-electron chi connectivity index (χ4n) is 2.71. The first-order valence-electron chi connectivity index (χ1n) is 8.07. The average molecular weight is 493 g/mol. The van der Waals surface area contributed by atoms with Gasteiger partial charge in [-0.3, -0.25) is 4.57 Å². The van der Waals surface area contributed by atoms with E-state index in [2.05, 4.69) is 43.6 Å². The van der Waals surface area contributed by atoms with Gasteiger partial charge in [-0.1, -0.05) is 40.4 Å². The molecule has 5 N–H and O–H groups in total. The first-order valence-corrected chi connectivity index (χ1v) is 10.3. The lowest BCUT2D eigenvalue weighted by Gasteiger charge is -2.16. The van der Waals surface area contributed by atoms with Gasteiger partial charge in [-0.2, -0.15) is 0 Å². The number of nitrogen functional groups attached to an aromatic ring is 1. The third-order valence-electron chi connectivity index (χ3n) is 4.05. The van der Waals surface area contributed by atoms with Crippen molar-refractivity contribution in [3.63, 3.8) is 0 Å². The number of imidazole rings is 1. The Morgan fingerprint density at radius 3 is 2.85 bits per heavy atom. The molecule has 1 aliphatic rings. The van der Waals surface area contributed by atoms with Gasteiger partial charge in [0, 0.05) is 5.75 Å². The quantitative estimate of drug-likeness (QED) is 0.191. The summed E-state index contributed by atoms with van der Waals surface area (Å²) in [6.07, 6.45) is 1.32. The fraction of sp³-hybridized carbons (Fsp3) is 0.533. The molecule has 0 radical (unpaired) electrons. The number of aliphatic hydroxyl groups excluding tert-OH is 3. The Labute approximate surface area is 167 Å². The predicted molar refractivity (Wildman–Crippen MR) is 106 cm³/mol. The zero-order valence-electron chi connectivity index (χ0n) is 13.8. The van der Waals surface area contributed by atoms with Crippen molar-refractivity contribution in [1.82, 2.24) is 19.5 Å². The van der Waals surface area contributed by atoms with Crippen molar-refractivity contribution >= 4 is 51.3 Å². The van der Waals surface area contributed by atoms with Crippen molar-refractivity contribution in [2.45, 2.75) is 42.5 Å². The summed E-state index contributed by atoms with van der Waals surface area (Å²) in [7, 11) is 0. The van der Waals surface area contributed by atoms with E-state index in [0.29, 0.717) is 16.3 Å². The number of thioether (sulfide) groups is 1. The van der Waals surface area contributed by atoms with Gasteiger partial charge in [-0.15, -0.1) is 0 Å². The van der Waals surface area contributed by atoms with Crippen molar-refractivity contribution in [1.29, 1.82) is 0 Å². The van der Waals surface area contributed by atoms with Crippen LogP contribution in [-0.2, 0) is 4.74 Å². The van der Waals surface area contributed by atoms with E-state index >= 15 is 0 Å². The monoisotopic (exact) mass is 493 g/mol. The van der Waals surface area contributed by atoms with Gasteiger partial charge in [0.2, 0.25) is 0 Å². The molecule has 0 aromatic carbocycles. The molecule has 9 nitrogen and oxygen atoms in total. The van der Waals surface area contributed by atoms with E-state index in [4.69, 9.17) is 10.5 Å². The Morgan fingerprint density at radius 1 is 1.35 bits per heavy atom. The number of ether oxygens (including phenoxy) is 1. The number of rotatable bonds is 7. The van der Waals surface area contributed by atoms with Gasteiger partial charge in [0.15, 0.2) is 22.8 Å². The summed E-state index contributed by atoms with van der Waals surface area (Å²) in [5, 5.41) is 30.0. The minimum atomic E-state index is -1.21. The topological polar surface area (TPSA) is 140 Å². The normalized spacial score (nSPS) is 26.3. The molecular weight excluding hydrogens is 473 g/mol. The maximum Gasteiger partial charge on any atom is 0.191 e. The molecule has 11 heteroatoms. The third-order valence-corrected chi connectivity index (χ3v) is 5.50. The molecule has 3 heterocycles. The van der Waals surface area contributed by atoms with Crippen LogP contribution < -0.4 is 5.73 Å². The van der Waals surface area contributed by atoms with Crippen LogP contribution in [-0.4, -0.2) is 65.5 Å². The largest absolute Gasteiger partial charge is 0.394 e. The van der Waals surface area contributed by atoms with E-state index in [9.17, 15) is 15.3 Å². The van der Waals surface area contributed by atoms with Crippen LogP contribution >= 0.6 is 34.4 Å². The highest BCUT2D eigenvalue weighted by atomic mass is 127. The number of allylic oxidation sites excluding steroid dienone is 1. The van der Waals surface area contributed by atoms with Gasteiger partial charge >= 0.3 is 0 Å². The van der Waals surface area contributed by atoms with Gasteiger partial charge in [0.25, 0.3) is 0 Å². The number of halogens is 1. The van der Waals surface area contributed by atoms with Gasteiger partial charge in [0.05, 0.1) is 12.9 Å². The van der Waals surface area contributed by atoms with Crippen molar-refractivity contribution in [3.8, 4) is 0 Å². The standard InChI is InChI=1S/C15H20IN5O4S/c16-4-2-1-3-5-26-15-19-12(17)9-13(20-15)21(7-18-9)14-11(24)10(23)8(6-22)25-14/h2,4,7-8,10-11,14,22-24H,1,3,5-6H2,(H2,17,19,20)/b4-2+. The number of aliphatic hydroxyl groups is 3. The summed E-state index contributed by atoms with van der Waals surface area (Å²) in [6.45, 7) is -0.398. The maximum atomic E-state index is 10.2. The average Bonchev–Trinajstić information content (AvgIpc) is 3.17. The Kier molecular flexibility index (Phi) is 6.69. The molecule has 3 rings (SSSR count). The number of nitrogens with two attached hydrogens (primary N) is 1. The molecule has 26 heavy (non-hydrogen) atoms. The minimum Gasteiger partial charge on any atom is -0.394 e. The van der Waals surface area contributed by atoms with Crippen molar-refractivity contribution < 1.29 is 20.1 Å². The van der Waals surface area contributed by atoms with Crippen LogP contribution in [0.25, 0.3) is 11.2 Å². The van der Waals surface area contributed by atoms with E-state index in [0.717, 1.165) is 18.6 Å². The molecule has 1 saturated heterocycles. The van der Waals surface area contributed by atoms with Crippen LogP contribution in [0.4, 0.5) is 5.82 Å². The second-order valence-electron chi connectivity index (χ2n) is 5.80. The Bertz CT molecular complexity index is 789. The summed E-state index contributed by atoms with van der Waals surface area (Å²) < 4.78 is 9.05. The third kappa shape index (κ3) is 3.97. The zero-order valence-corrected chi connectivity index (χ0v) is 16.7. The smallest absolute Gasteiger partial charge is 0.191 e. The first-order chi connectivity index (χ1) is 12.6. The second kappa shape index (κ2) is 8.80. The van der Waals surface area contributed by atoms with E-state index in [-0.39, 0.29) is 5.82 Å². The maximum absolute atomic E-state index is 10.2. The number of unbranched alkanes of at least 4 members (excludes halogenated alkanes) is 1. The Balaban J connectivity index is 1.83. The summed E-state index contributed by atoms with van der Waals surface area (Å²) in [6, 6.07) is 0. The number of nitrogens with zero attached hydrogens (tertiary/aromatic N) is 4. The highest BCUT2D eigenvalue weighted by molar-refractivity contribution is 14.1. The van der Waals surface area contributed by atoms with E-state index < -0.39 is 31.1 Å². The van der Waals surface area contributed by atoms with Gasteiger partial charge in [0.1, 0.15) is 23.8 Å². The van der Waals surface area contributed by atoms with Crippen LogP contribution in [0.5, 0.6) is 0 Å². The second-order valence-corrected chi connectivity index (χ2v) is 7.58. The number of aromatic nitrogens is 4. The number of hydrogen-bond donors (Lipinski definition) is 4. The van der Waals surface area contributed by atoms with Crippen LogP contribution in [0.2, 0.25) is 0 Å². The van der Waals surface area contributed by atoms with Gasteiger partial charge < -0.3 is 25.8 Å². The molecular formula is C15H20IN5O4S. The molecule has 0 amide bonds. The van der Waals surface area contributed by atoms with Gasteiger partial charge in [-0.05, 0) is 16.9 Å². The summed E-state index contributed by atoms with van der Waals surface area (Å²) in [5.41, 5.74) is 6.81. The van der Waals surface area contributed by atoms with Crippen LogP contribution in [0, 0.1) is 0 Å². The molecule has 1 fully saturated rings. The van der Waals surface area contributed by atoms with E-state index in [1.54, 1.807) is 0 Å². The molecule has 4 atom stereocenters. The molecule has 0 bridgehead atoms. The molecule has 2 aromatic heterocycles. The van der Waals surface area contributed by atoms with E-state index in [1.807, 2.05) is 4.08 Å². The lowest BCUT2D eigenvalue weighted by Crippen LogP contribution is -2.33. The lowest BCUT2D eigenvalue weighted by atomic mass is 10.1. The fourth-order valence-corrected chi connectivity index (χ4v) is 3.87. The highest BCUT2D eigenvalue weighted by Gasteiger charge is 2.44. The van der Waals surface area contributed by atoms with Gasteiger partial charge in [-0.25, -0.2) is 15.0 Å². The highest BCUT2D eigenvalue weighted by Crippen LogP contribution is 2.32. The molecule has 0 aliphatic carbocycles. The number of hydrogen-bond acceptors (Lipinski definition) is 9. The molecule has 4 unspecified atom stereocenters. The van der Waals surface area contributed by atoms with Crippen molar-refractivity contribution in [2.75, 3.05) is 18.1 Å². The zero-order chi connectivity index (χ0) is 18.7. The Hall–Kier alpha value is -0.990. The number of anilines is 1. The SMILES string of the molecule is Nc1nc(SCCC/C=C/I)nc2c1ncn2C1OC(CO)C(O)C1O. The molecule has 2 aromatic rings. The molecule has 0 saturated carbocycles. The first kappa shape index (κ1) is 19.8. The van der Waals surface area contributed by atoms with Crippen molar-refractivity contribution in [3.05, 3.63) is 16.5 Å². The summed E-state index contributed by atoms with van der Waals surface area (Å²) in [4.78, 5) is 12.9. The van der Waals surface area contributed by atoms with Crippen LogP contribution in [0.3, 0.4) is 0 Å². The molecule has 1 aliphatic heterocycles. The summed E-state index contributed by atoms with van der Waals surface area (Å²) in [5.74, 6) is 1.09. The van der Waals surface area contributed by atoms with E-state index in [1.165, 1.54) is 22.7 Å². The van der Waals surface area contributed by atoms with Crippen molar-refractivity contribution in [2.24, 2.45) is 0 Å². The lowest BCUT2D eigenvalue weighted by molar-refractivity contribution is -0.0511. The predicted octanol–water partition coefficient (Wildman–Crippen LogP) is 0.841. The summed E-state index contributed by atoms with van der Waals surface area (Å²) >= 11 is 3.68. The van der Waals surface area contributed by atoms with Crippen LogP contribution in [0.15, 0.2) is 21.6 Å². The molecule has 142 valence electrons. The molecule has 0 spiro atoms.